The van der Waals surface area contributed by atoms with Crippen molar-refractivity contribution in [3.8, 4) is 11.1 Å². The number of benzene rings is 1. The Morgan fingerprint density at radius 2 is 2.06 bits per heavy atom. The summed E-state index contributed by atoms with van der Waals surface area (Å²) in [6, 6.07) is 11.7. The zero-order valence-corrected chi connectivity index (χ0v) is 9.13. The van der Waals surface area contributed by atoms with Crippen LogP contribution in [0, 0.1) is 0 Å². The fourth-order valence-corrected chi connectivity index (χ4v) is 1.89. The molecular formula is C14H11NO2. The minimum Gasteiger partial charge on any atom is -0.459 e. The Morgan fingerprint density at radius 3 is 2.82 bits per heavy atom. The third-order valence-electron chi connectivity index (χ3n) is 2.72. The van der Waals surface area contributed by atoms with Crippen LogP contribution in [0.5, 0.6) is 0 Å². The molecule has 0 radical (unpaired) electrons. The van der Waals surface area contributed by atoms with Crippen LogP contribution in [0.4, 0.5) is 0 Å². The van der Waals surface area contributed by atoms with Crippen LogP contribution in [0.15, 0.2) is 53.2 Å². The lowest BCUT2D eigenvalue weighted by atomic mass is 10.1. The summed E-state index contributed by atoms with van der Waals surface area (Å²) >= 11 is 0. The van der Waals surface area contributed by atoms with E-state index in [2.05, 4.69) is 4.98 Å². The van der Waals surface area contributed by atoms with E-state index in [-0.39, 0.29) is 6.61 Å². The van der Waals surface area contributed by atoms with Crippen molar-refractivity contribution in [2.24, 2.45) is 0 Å². The van der Waals surface area contributed by atoms with E-state index in [4.69, 9.17) is 9.52 Å². The molecule has 0 saturated carbocycles. The minimum absolute atomic E-state index is 0.0725. The number of pyridine rings is 1. The quantitative estimate of drug-likeness (QED) is 0.729. The van der Waals surface area contributed by atoms with Crippen molar-refractivity contribution in [1.29, 1.82) is 0 Å². The predicted molar refractivity (Wildman–Crippen MR) is 65.4 cm³/mol. The maximum Gasteiger partial charge on any atom is 0.134 e. The summed E-state index contributed by atoms with van der Waals surface area (Å²) in [6.07, 6.45) is 3.58. The van der Waals surface area contributed by atoms with Gasteiger partial charge < -0.3 is 9.52 Å². The fraction of sp³-hybridized carbons (Fsp3) is 0.0714. The summed E-state index contributed by atoms with van der Waals surface area (Å²) in [5.41, 5.74) is 2.96. The molecule has 3 rings (SSSR count). The van der Waals surface area contributed by atoms with Gasteiger partial charge in [-0.1, -0.05) is 12.1 Å². The number of hydrogen-bond donors (Lipinski definition) is 1. The molecule has 0 atom stereocenters. The largest absolute Gasteiger partial charge is 0.459 e. The van der Waals surface area contributed by atoms with Gasteiger partial charge in [0.05, 0.1) is 0 Å². The first-order valence-corrected chi connectivity index (χ1v) is 5.40. The van der Waals surface area contributed by atoms with E-state index in [0.717, 1.165) is 22.1 Å². The van der Waals surface area contributed by atoms with Crippen molar-refractivity contribution in [1.82, 2.24) is 4.98 Å². The Labute approximate surface area is 98.3 Å². The highest BCUT2D eigenvalue weighted by Crippen LogP contribution is 2.26. The summed E-state index contributed by atoms with van der Waals surface area (Å²) < 4.78 is 5.44. The first-order valence-electron chi connectivity index (χ1n) is 5.40. The molecule has 0 spiro atoms. The normalized spacial score (nSPS) is 10.9. The number of aromatic nitrogens is 1. The predicted octanol–water partition coefficient (Wildman–Crippen LogP) is 2.99. The number of hydrogen-bond acceptors (Lipinski definition) is 3. The number of aliphatic hydroxyl groups excluding tert-OH is 1. The smallest absolute Gasteiger partial charge is 0.134 e. The van der Waals surface area contributed by atoms with Crippen molar-refractivity contribution < 1.29 is 9.52 Å². The highest BCUT2D eigenvalue weighted by atomic mass is 16.4. The molecule has 0 amide bonds. The highest BCUT2D eigenvalue weighted by molar-refractivity contribution is 5.83. The molecule has 0 saturated heterocycles. The van der Waals surface area contributed by atoms with E-state index in [1.54, 1.807) is 6.20 Å². The van der Waals surface area contributed by atoms with Crippen LogP contribution in [0.2, 0.25) is 0 Å². The molecule has 17 heavy (non-hydrogen) atoms. The molecule has 0 aliphatic rings. The molecule has 84 valence electrons. The summed E-state index contributed by atoms with van der Waals surface area (Å²) in [7, 11) is 0. The Hall–Kier alpha value is -2.13. The Bertz CT molecular complexity index is 644. The van der Waals surface area contributed by atoms with Crippen LogP contribution in [-0.4, -0.2) is 10.1 Å². The number of nitrogens with zero attached hydrogens (tertiary/aromatic N) is 1. The second kappa shape index (κ2) is 4.03. The first-order chi connectivity index (χ1) is 8.36. The van der Waals surface area contributed by atoms with Gasteiger partial charge in [-0.25, -0.2) is 0 Å². The van der Waals surface area contributed by atoms with Gasteiger partial charge in [0, 0.05) is 23.3 Å². The van der Waals surface area contributed by atoms with Gasteiger partial charge in [0.15, 0.2) is 0 Å². The van der Waals surface area contributed by atoms with E-state index >= 15 is 0 Å². The molecule has 0 bridgehead atoms. The molecule has 3 heteroatoms. The van der Waals surface area contributed by atoms with E-state index < -0.39 is 0 Å². The average Bonchev–Trinajstić information content (AvgIpc) is 2.81. The third-order valence-corrected chi connectivity index (χ3v) is 2.72. The molecule has 2 aromatic heterocycles. The maximum absolute atomic E-state index is 9.02. The van der Waals surface area contributed by atoms with Crippen LogP contribution < -0.4 is 0 Å². The Balaban J connectivity index is 2.13. The van der Waals surface area contributed by atoms with Gasteiger partial charge in [0.1, 0.15) is 18.0 Å². The number of fused-ring (bicyclic) bond motifs is 1. The van der Waals surface area contributed by atoms with Crippen molar-refractivity contribution >= 4 is 11.0 Å². The molecule has 0 unspecified atom stereocenters. The third kappa shape index (κ3) is 1.81. The molecule has 3 aromatic rings. The van der Waals surface area contributed by atoms with E-state index in [1.807, 2.05) is 42.6 Å². The molecule has 0 aliphatic carbocycles. The van der Waals surface area contributed by atoms with Gasteiger partial charge in [-0.3, -0.25) is 4.98 Å². The minimum atomic E-state index is -0.0725. The van der Waals surface area contributed by atoms with Crippen molar-refractivity contribution in [3.05, 3.63) is 54.6 Å². The standard InChI is InChI=1S/C14H11NO2/c16-9-13-7-12-6-10(3-4-14(12)17-13)11-2-1-5-15-8-11/h1-8,16H,9H2. The molecular weight excluding hydrogens is 214 g/mol. The summed E-state index contributed by atoms with van der Waals surface area (Å²) in [4.78, 5) is 4.10. The second-order valence-corrected chi connectivity index (χ2v) is 3.87. The van der Waals surface area contributed by atoms with Crippen molar-refractivity contribution in [2.75, 3.05) is 0 Å². The molecule has 1 aromatic carbocycles. The zero-order valence-electron chi connectivity index (χ0n) is 9.13. The number of rotatable bonds is 2. The molecule has 0 aliphatic heterocycles. The van der Waals surface area contributed by atoms with Gasteiger partial charge in [0.2, 0.25) is 0 Å². The Morgan fingerprint density at radius 1 is 1.12 bits per heavy atom. The van der Waals surface area contributed by atoms with Gasteiger partial charge in [0.25, 0.3) is 0 Å². The van der Waals surface area contributed by atoms with Gasteiger partial charge in [-0.05, 0) is 29.8 Å². The lowest BCUT2D eigenvalue weighted by Crippen LogP contribution is -1.78. The van der Waals surface area contributed by atoms with Gasteiger partial charge >= 0.3 is 0 Å². The highest BCUT2D eigenvalue weighted by Gasteiger charge is 2.04. The Kier molecular flexibility index (Phi) is 2.38. The average molecular weight is 225 g/mol. The van der Waals surface area contributed by atoms with Crippen LogP contribution in [0.25, 0.3) is 22.1 Å². The van der Waals surface area contributed by atoms with Crippen molar-refractivity contribution in [2.45, 2.75) is 6.61 Å². The fourth-order valence-electron chi connectivity index (χ4n) is 1.89. The lowest BCUT2D eigenvalue weighted by Gasteiger charge is -1.99. The SMILES string of the molecule is OCc1cc2cc(-c3cccnc3)ccc2o1. The van der Waals surface area contributed by atoms with E-state index in [0.29, 0.717) is 5.76 Å². The molecule has 0 fully saturated rings. The first kappa shape index (κ1) is 10.1. The molecule has 3 nitrogen and oxygen atoms in total. The monoisotopic (exact) mass is 225 g/mol. The summed E-state index contributed by atoms with van der Waals surface area (Å²) in [5.74, 6) is 0.586. The van der Waals surface area contributed by atoms with Crippen LogP contribution >= 0.6 is 0 Å². The number of aliphatic hydroxyl groups is 1. The van der Waals surface area contributed by atoms with Gasteiger partial charge in [-0.2, -0.15) is 0 Å². The van der Waals surface area contributed by atoms with Crippen LogP contribution in [0.3, 0.4) is 0 Å². The molecule has 1 N–H and O–H groups in total. The van der Waals surface area contributed by atoms with Crippen LogP contribution in [-0.2, 0) is 6.61 Å². The van der Waals surface area contributed by atoms with Gasteiger partial charge in [-0.15, -0.1) is 0 Å². The van der Waals surface area contributed by atoms with Crippen molar-refractivity contribution in [3.63, 3.8) is 0 Å². The van der Waals surface area contributed by atoms with Crippen LogP contribution in [0.1, 0.15) is 5.76 Å². The van der Waals surface area contributed by atoms with E-state index in [1.165, 1.54) is 0 Å². The maximum atomic E-state index is 9.02. The van der Waals surface area contributed by atoms with E-state index in [9.17, 15) is 0 Å². The lowest BCUT2D eigenvalue weighted by molar-refractivity contribution is 0.251. The summed E-state index contributed by atoms with van der Waals surface area (Å²) in [6.45, 7) is -0.0725. The topological polar surface area (TPSA) is 46.3 Å². The number of furan rings is 1. The second-order valence-electron chi connectivity index (χ2n) is 3.87. The molecule has 2 heterocycles. The summed E-state index contributed by atoms with van der Waals surface area (Å²) in [5, 5.41) is 10.0. The zero-order chi connectivity index (χ0) is 11.7.